The van der Waals surface area contributed by atoms with Gasteiger partial charge in [0.15, 0.2) is 0 Å². The second-order valence-electron chi connectivity index (χ2n) is 14.7. The Labute approximate surface area is 308 Å². The molecule has 3 aromatic heterocycles. The number of para-hydroxylation sites is 4. The molecule has 8 rings (SSSR count). The van der Waals surface area contributed by atoms with Gasteiger partial charge in [-0.2, -0.15) is 17.7 Å². The molecule has 0 fully saturated rings. The van der Waals surface area contributed by atoms with E-state index in [1.165, 1.54) is 5.56 Å². The molecule has 0 aliphatic heterocycles. The van der Waals surface area contributed by atoms with Gasteiger partial charge in [-0.1, -0.05) is 108 Å². The van der Waals surface area contributed by atoms with Crippen molar-refractivity contribution in [2.75, 3.05) is 0 Å². The molecule has 0 amide bonds. The fourth-order valence-corrected chi connectivity index (χ4v) is 6.44. The number of hydrogen-bond donors (Lipinski definition) is 0. The molecule has 0 N–H and O–H groups in total. The Balaban J connectivity index is 0.00000392. The van der Waals surface area contributed by atoms with Crippen LogP contribution in [0.5, 0.6) is 11.5 Å². The minimum atomic E-state index is -0.135. The number of ether oxygens (including phenoxy) is 1. The summed E-state index contributed by atoms with van der Waals surface area (Å²) in [6, 6.07) is 47.0. The van der Waals surface area contributed by atoms with Crippen molar-refractivity contribution < 1.29 is 30.4 Å². The Bertz CT molecular complexity index is 2500. The standard InChI is InChI=1S/C44H38N4O.Pt/c1-43(2,3)30-22-23-45-42(26-30)48-38-17-11-10-16-36(38)37-21-20-34(28-41(37)48)49-35-25-31(44(4,5)6)24-33(27-35)47-29-46(32-14-8-7-9-15-32)39-18-12-13-19-40(39)47;/h7-26H,1-6H3;/q-2;. The molecule has 0 unspecified atom stereocenters. The van der Waals surface area contributed by atoms with Crippen molar-refractivity contribution in [3.63, 3.8) is 0 Å². The van der Waals surface area contributed by atoms with Gasteiger partial charge in [0.25, 0.3) is 6.33 Å². The second kappa shape index (κ2) is 12.7. The quantitative estimate of drug-likeness (QED) is 0.128. The molecule has 6 heteroatoms. The third-order valence-corrected chi connectivity index (χ3v) is 9.13. The number of rotatable bonds is 5. The molecule has 50 heavy (non-hydrogen) atoms. The first-order chi connectivity index (χ1) is 23.5. The molecule has 0 bridgehead atoms. The van der Waals surface area contributed by atoms with E-state index in [1.807, 2.05) is 30.5 Å². The maximum Gasteiger partial charge on any atom is 0.268 e. The average molecular weight is 834 g/mol. The molecule has 252 valence electrons. The summed E-state index contributed by atoms with van der Waals surface area (Å²) in [4.78, 5) is 4.83. The first-order valence-corrected chi connectivity index (χ1v) is 16.7. The van der Waals surface area contributed by atoms with Crippen LogP contribution in [-0.4, -0.2) is 14.1 Å². The van der Waals surface area contributed by atoms with Gasteiger partial charge < -0.3 is 13.9 Å². The van der Waals surface area contributed by atoms with Crippen LogP contribution in [0.3, 0.4) is 0 Å². The smallest absolute Gasteiger partial charge is 0.268 e. The fraction of sp³-hybridized carbons (Fsp3) is 0.182. The molecule has 0 radical (unpaired) electrons. The third kappa shape index (κ3) is 6.05. The molecule has 0 atom stereocenters. The summed E-state index contributed by atoms with van der Waals surface area (Å²) >= 11 is 0. The minimum absolute atomic E-state index is 0. The van der Waals surface area contributed by atoms with Crippen molar-refractivity contribution in [3.8, 4) is 28.7 Å². The average Bonchev–Trinajstić information content (AvgIpc) is 3.64. The van der Waals surface area contributed by atoms with Crippen LogP contribution in [-0.2, 0) is 31.9 Å². The molecule has 0 spiro atoms. The Hall–Kier alpha value is -4.99. The summed E-state index contributed by atoms with van der Waals surface area (Å²) < 4.78 is 13.0. The van der Waals surface area contributed by atoms with E-state index < -0.39 is 0 Å². The normalized spacial score (nSPS) is 12.0. The van der Waals surface area contributed by atoms with Gasteiger partial charge in [0.2, 0.25) is 0 Å². The number of pyridine rings is 1. The van der Waals surface area contributed by atoms with Crippen LogP contribution in [0.2, 0.25) is 0 Å². The summed E-state index contributed by atoms with van der Waals surface area (Å²) in [5.74, 6) is 2.08. The van der Waals surface area contributed by atoms with Gasteiger partial charge in [-0.3, -0.25) is 4.57 Å². The van der Waals surface area contributed by atoms with Gasteiger partial charge in [0, 0.05) is 44.3 Å². The van der Waals surface area contributed by atoms with Crippen molar-refractivity contribution in [3.05, 3.63) is 151 Å². The third-order valence-electron chi connectivity index (χ3n) is 9.13. The first kappa shape index (κ1) is 33.5. The van der Waals surface area contributed by atoms with Gasteiger partial charge in [0.1, 0.15) is 5.82 Å². The predicted molar refractivity (Wildman–Crippen MR) is 197 cm³/mol. The molecule has 0 aliphatic rings. The predicted octanol–water partition coefficient (Wildman–Crippen LogP) is 10.2. The van der Waals surface area contributed by atoms with Crippen LogP contribution in [0, 0.1) is 18.5 Å². The van der Waals surface area contributed by atoms with E-state index in [0.29, 0.717) is 11.5 Å². The number of fused-ring (bicyclic) bond motifs is 4. The molecule has 5 nitrogen and oxygen atoms in total. The molecule has 3 heterocycles. The fourth-order valence-electron chi connectivity index (χ4n) is 6.44. The zero-order chi connectivity index (χ0) is 33.9. The van der Waals surface area contributed by atoms with E-state index >= 15 is 0 Å². The SMILES string of the molecule is CC(C)(C)c1cc(Oc2[c-]c3c(cc2)c2ccccc2n3-c2cc(C(C)(C)C)ccn2)[c-]c(-n2[c-][n+](-c3ccccc3)c3ccccc32)c1.[Pt]. The van der Waals surface area contributed by atoms with Crippen LogP contribution in [0.25, 0.3) is 50.0 Å². The van der Waals surface area contributed by atoms with Crippen LogP contribution in [0.4, 0.5) is 0 Å². The summed E-state index contributed by atoms with van der Waals surface area (Å²) in [5.41, 5.74) is 8.18. The summed E-state index contributed by atoms with van der Waals surface area (Å²) in [6.45, 7) is 13.3. The summed E-state index contributed by atoms with van der Waals surface area (Å²) in [7, 11) is 0. The molecule has 5 aromatic carbocycles. The summed E-state index contributed by atoms with van der Waals surface area (Å²) in [5, 5.41) is 2.24. The topological polar surface area (TPSA) is 35.9 Å². The molecule has 0 saturated carbocycles. The number of benzene rings is 5. The van der Waals surface area contributed by atoms with Crippen LogP contribution in [0.15, 0.2) is 121 Å². The van der Waals surface area contributed by atoms with Crippen molar-refractivity contribution in [2.24, 2.45) is 0 Å². The number of imidazole rings is 1. The molecule has 0 aliphatic carbocycles. The maximum absolute atomic E-state index is 6.67. The first-order valence-electron chi connectivity index (χ1n) is 16.7. The Morgan fingerprint density at radius 2 is 1.34 bits per heavy atom. The van der Waals surface area contributed by atoms with Crippen LogP contribution >= 0.6 is 0 Å². The van der Waals surface area contributed by atoms with Gasteiger partial charge in [-0.25, -0.2) is 4.98 Å². The van der Waals surface area contributed by atoms with Crippen molar-refractivity contribution in [2.45, 2.75) is 52.4 Å². The van der Waals surface area contributed by atoms with E-state index in [9.17, 15) is 0 Å². The van der Waals surface area contributed by atoms with Crippen molar-refractivity contribution >= 4 is 32.8 Å². The van der Waals surface area contributed by atoms with Crippen molar-refractivity contribution in [1.29, 1.82) is 0 Å². The number of nitrogens with zero attached hydrogens (tertiary/aromatic N) is 4. The number of hydrogen-bond acceptors (Lipinski definition) is 2. The molecular weight excluding hydrogens is 796 g/mol. The maximum atomic E-state index is 6.67. The monoisotopic (exact) mass is 833 g/mol. The van der Waals surface area contributed by atoms with E-state index in [2.05, 4.69) is 165 Å². The summed E-state index contributed by atoms with van der Waals surface area (Å²) in [6.07, 6.45) is 5.50. The van der Waals surface area contributed by atoms with Crippen LogP contribution < -0.4 is 9.30 Å². The molecule has 0 saturated heterocycles. The minimum Gasteiger partial charge on any atom is -0.510 e. The van der Waals surface area contributed by atoms with Gasteiger partial charge in [0.05, 0.1) is 16.7 Å². The zero-order valence-electron chi connectivity index (χ0n) is 29.1. The van der Waals surface area contributed by atoms with E-state index in [1.54, 1.807) is 0 Å². The Kier molecular flexibility index (Phi) is 8.52. The molecule has 8 aromatic rings. The van der Waals surface area contributed by atoms with Gasteiger partial charge in [-0.05, 0) is 57.8 Å². The zero-order valence-corrected chi connectivity index (χ0v) is 31.3. The van der Waals surface area contributed by atoms with Crippen LogP contribution in [0.1, 0.15) is 52.7 Å². The second-order valence-corrected chi connectivity index (χ2v) is 14.7. The number of aromatic nitrogens is 4. The van der Waals surface area contributed by atoms with Crippen molar-refractivity contribution in [1.82, 2.24) is 14.1 Å². The van der Waals surface area contributed by atoms with Gasteiger partial charge in [-0.15, -0.1) is 29.7 Å². The Morgan fingerprint density at radius 1 is 0.640 bits per heavy atom. The van der Waals surface area contributed by atoms with E-state index in [-0.39, 0.29) is 31.9 Å². The van der Waals surface area contributed by atoms with E-state index in [4.69, 9.17) is 9.72 Å². The molecular formula is C44H38N4OPt-2. The van der Waals surface area contributed by atoms with E-state index in [0.717, 1.165) is 55.6 Å². The largest absolute Gasteiger partial charge is 0.510 e. The Morgan fingerprint density at radius 3 is 2.10 bits per heavy atom. The van der Waals surface area contributed by atoms with Gasteiger partial charge >= 0.3 is 0 Å².